The van der Waals surface area contributed by atoms with E-state index in [1.165, 1.54) is 6.33 Å². The molecule has 102 valence electrons. The molecule has 0 fully saturated rings. The van der Waals surface area contributed by atoms with Crippen LogP contribution in [0.1, 0.15) is 6.92 Å². The number of nitrogens with two attached hydrogens (primary N) is 1. The Labute approximate surface area is 111 Å². The van der Waals surface area contributed by atoms with Crippen LogP contribution in [0.15, 0.2) is 23.3 Å². The van der Waals surface area contributed by atoms with Crippen LogP contribution in [0.3, 0.4) is 0 Å². The minimum absolute atomic E-state index is 0.176. The first-order valence-corrected chi connectivity index (χ1v) is 6.15. The van der Waals surface area contributed by atoms with Gasteiger partial charge in [-0.3, -0.25) is 4.79 Å². The highest BCUT2D eigenvalue weighted by molar-refractivity contribution is 5.88. The van der Waals surface area contributed by atoms with E-state index >= 15 is 0 Å². The zero-order valence-corrected chi connectivity index (χ0v) is 11.4. The van der Waals surface area contributed by atoms with Crippen molar-refractivity contribution in [2.45, 2.75) is 13.0 Å². The Hall–Kier alpha value is -2.08. The van der Waals surface area contributed by atoms with E-state index in [2.05, 4.69) is 27.1 Å². The number of aromatic nitrogens is 2. The lowest BCUT2D eigenvalue weighted by Gasteiger charge is -2.20. The lowest BCUT2D eigenvalue weighted by atomic mass is 10.1. The zero-order chi connectivity index (χ0) is 14.0. The minimum Gasteiger partial charge on any atom is -0.397 e. The average molecular weight is 261 g/mol. The van der Waals surface area contributed by atoms with Crippen LogP contribution in [-0.4, -0.2) is 41.5 Å². The second kappa shape index (κ2) is 5.27. The highest BCUT2D eigenvalue weighted by atomic mass is 16.1. The van der Waals surface area contributed by atoms with E-state index in [-0.39, 0.29) is 11.6 Å². The highest BCUT2D eigenvalue weighted by Gasteiger charge is 2.09. The molecule has 1 aromatic heterocycles. The number of nitrogen functional groups attached to an aromatic ring is 1. The van der Waals surface area contributed by atoms with Gasteiger partial charge in [0, 0.05) is 12.6 Å². The van der Waals surface area contributed by atoms with E-state index in [1.54, 1.807) is 6.07 Å². The smallest absolute Gasteiger partial charge is 0.258 e. The lowest BCUT2D eigenvalue weighted by molar-refractivity contribution is 0.392. The maximum absolute atomic E-state index is 11.6. The summed E-state index contributed by atoms with van der Waals surface area (Å²) in [6, 6.07) is 3.72. The summed E-state index contributed by atoms with van der Waals surface area (Å²) in [5.41, 5.74) is 7.80. The van der Waals surface area contributed by atoms with Gasteiger partial charge in [-0.25, -0.2) is 4.98 Å². The quantitative estimate of drug-likeness (QED) is 0.711. The van der Waals surface area contributed by atoms with Gasteiger partial charge in [0.05, 0.1) is 28.6 Å². The van der Waals surface area contributed by atoms with E-state index in [0.29, 0.717) is 16.6 Å². The predicted molar refractivity (Wildman–Crippen MR) is 78.4 cm³/mol. The number of hydrogen-bond donors (Lipinski definition) is 3. The number of hydrogen-bond acceptors (Lipinski definition) is 5. The SMILES string of the molecule is CC(CN(C)C)Nc1cc2nc[nH]c(=O)c2cc1N. The van der Waals surface area contributed by atoms with Crippen molar-refractivity contribution in [3.8, 4) is 0 Å². The molecule has 0 aliphatic carbocycles. The standard InChI is InChI=1S/C13H19N5O/c1-8(6-18(2)3)17-12-5-11-9(4-10(12)14)13(19)16-7-15-11/h4-5,7-8,17H,6,14H2,1-3H3,(H,15,16,19). The molecular formula is C13H19N5O. The van der Waals surface area contributed by atoms with E-state index in [4.69, 9.17) is 5.73 Å². The summed E-state index contributed by atoms with van der Waals surface area (Å²) in [5.74, 6) is 0. The number of rotatable bonds is 4. The molecule has 1 aromatic carbocycles. The van der Waals surface area contributed by atoms with Gasteiger partial charge in [-0.1, -0.05) is 0 Å². The van der Waals surface area contributed by atoms with Gasteiger partial charge in [-0.05, 0) is 33.2 Å². The summed E-state index contributed by atoms with van der Waals surface area (Å²) < 4.78 is 0. The van der Waals surface area contributed by atoms with Crippen molar-refractivity contribution in [3.63, 3.8) is 0 Å². The number of H-pyrrole nitrogens is 1. The number of aromatic amines is 1. The zero-order valence-electron chi connectivity index (χ0n) is 11.4. The first-order chi connectivity index (χ1) is 8.97. The van der Waals surface area contributed by atoms with Crippen molar-refractivity contribution in [1.29, 1.82) is 0 Å². The van der Waals surface area contributed by atoms with Crippen molar-refractivity contribution < 1.29 is 0 Å². The van der Waals surface area contributed by atoms with E-state index < -0.39 is 0 Å². The number of likely N-dealkylation sites (N-methyl/N-ethyl adjacent to an activating group) is 1. The fourth-order valence-corrected chi connectivity index (χ4v) is 2.12. The normalized spacial score (nSPS) is 12.8. The molecule has 0 saturated carbocycles. The third kappa shape index (κ3) is 3.03. The Kier molecular flexibility index (Phi) is 3.71. The van der Waals surface area contributed by atoms with Gasteiger partial charge in [-0.15, -0.1) is 0 Å². The van der Waals surface area contributed by atoms with Gasteiger partial charge in [0.25, 0.3) is 5.56 Å². The first kappa shape index (κ1) is 13.4. The monoisotopic (exact) mass is 261 g/mol. The number of nitrogens with zero attached hydrogens (tertiary/aromatic N) is 2. The molecule has 0 aliphatic rings. The molecule has 0 aliphatic heterocycles. The molecule has 6 nitrogen and oxygen atoms in total. The van der Waals surface area contributed by atoms with E-state index in [1.807, 2.05) is 20.2 Å². The predicted octanol–water partition coefficient (Wildman–Crippen LogP) is 0.867. The third-order valence-corrected chi connectivity index (χ3v) is 2.85. The van der Waals surface area contributed by atoms with Gasteiger partial charge in [-0.2, -0.15) is 0 Å². The van der Waals surface area contributed by atoms with Gasteiger partial charge in [0.2, 0.25) is 0 Å². The number of nitrogens with one attached hydrogen (secondary N) is 2. The maximum Gasteiger partial charge on any atom is 0.258 e. The largest absolute Gasteiger partial charge is 0.397 e. The van der Waals surface area contributed by atoms with Gasteiger partial charge in [0.1, 0.15) is 0 Å². The molecule has 19 heavy (non-hydrogen) atoms. The van der Waals surface area contributed by atoms with Crippen molar-refractivity contribution in [2.24, 2.45) is 0 Å². The van der Waals surface area contributed by atoms with Crippen molar-refractivity contribution in [3.05, 3.63) is 28.8 Å². The Balaban J connectivity index is 2.34. The molecule has 0 radical (unpaired) electrons. The molecule has 0 saturated heterocycles. The Morgan fingerprint density at radius 2 is 2.21 bits per heavy atom. The fraction of sp³-hybridized carbons (Fsp3) is 0.385. The lowest BCUT2D eigenvalue weighted by Crippen LogP contribution is -2.29. The highest BCUT2D eigenvalue weighted by Crippen LogP contribution is 2.23. The number of fused-ring (bicyclic) bond motifs is 1. The Morgan fingerprint density at radius 1 is 1.47 bits per heavy atom. The fourth-order valence-electron chi connectivity index (χ4n) is 2.12. The van der Waals surface area contributed by atoms with E-state index in [9.17, 15) is 4.79 Å². The van der Waals surface area contributed by atoms with Crippen LogP contribution < -0.4 is 16.6 Å². The second-order valence-electron chi connectivity index (χ2n) is 5.00. The van der Waals surface area contributed by atoms with Crippen molar-refractivity contribution >= 4 is 22.3 Å². The first-order valence-electron chi connectivity index (χ1n) is 6.15. The molecule has 1 heterocycles. The molecule has 0 spiro atoms. The van der Waals surface area contributed by atoms with Crippen LogP contribution in [0, 0.1) is 0 Å². The molecule has 2 rings (SSSR count). The summed E-state index contributed by atoms with van der Waals surface area (Å²) in [6.07, 6.45) is 1.40. The molecular weight excluding hydrogens is 242 g/mol. The molecule has 4 N–H and O–H groups in total. The van der Waals surface area contributed by atoms with Crippen molar-refractivity contribution in [2.75, 3.05) is 31.7 Å². The number of anilines is 2. The summed E-state index contributed by atoms with van der Waals surface area (Å²) in [4.78, 5) is 20.4. The second-order valence-corrected chi connectivity index (χ2v) is 5.00. The topological polar surface area (TPSA) is 87.0 Å². The third-order valence-electron chi connectivity index (χ3n) is 2.85. The van der Waals surface area contributed by atoms with Gasteiger partial charge in [0.15, 0.2) is 0 Å². The van der Waals surface area contributed by atoms with Crippen LogP contribution in [0.2, 0.25) is 0 Å². The molecule has 1 atom stereocenters. The number of benzene rings is 1. The van der Waals surface area contributed by atoms with Crippen LogP contribution in [-0.2, 0) is 0 Å². The molecule has 6 heteroatoms. The van der Waals surface area contributed by atoms with Crippen LogP contribution in [0.4, 0.5) is 11.4 Å². The van der Waals surface area contributed by atoms with Crippen LogP contribution in [0.5, 0.6) is 0 Å². The summed E-state index contributed by atoms with van der Waals surface area (Å²) >= 11 is 0. The Morgan fingerprint density at radius 3 is 2.89 bits per heavy atom. The minimum atomic E-state index is -0.176. The average Bonchev–Trinajstić information content (AvgIpc) is 2.30. The van der Waals surface area contributed by atoms with Crippen molar-refractivity contribution in [1.82, 2.24) is 14.9 Å². The molecule has 1 unspecified atom stereocenters. The summed E-state index contributed by atoms with van der Waals surface area (Å²) in [6.45, 7) is 2.97. The molecule has 0 amide bonds. The van der Waals surface area contributed by atoms with E-state index in [0.717, 1.165) is 12.2 Å². The Bertz CT molecular complexity index is 634. The van der Waals surface area contributed by atoms with Gasteiger partial charge < -0.3 is 20.9 Å². The molecule has 0 bridgehead atoms. The van der Waals surface area contributed by atoms with Gasteiger partial charge >= 0.3 is 0 Å². The molecule has 2 aromatic rings. The van der Waals surface area contributed by atoms with Crippen LogP contribution in [0.25, 0.3) is 10.9 Å². The van der Waals surface area contributed by atoms with Crippen LogP contribution >= 0.6 is 0 Å². The summed E-state index contributed by atoms with van der Waals surface area (Å²) in [7, 11) is 4.03. The summed E-state index contributed by atoms with van der Waals surface area (Å²) in [5, 5.41) is 3.84. The maximum atomic E-state index is 11.6.